The molecule has 5 fully saturated rings. The quantitative estimate of drug-likeness (QED) is 0.544. The van der Waals surface area contributed by atoms with E-state index in [1.54, 1.807) is 10.4 Å². The maximum atomic E-state index is 13.5. The molecule has 11 heteroatoms. The highest BCUT2D eigenvalue weighted by molar-refractivity contribution is 7.89. The van der Waals surface area contributed by atoms with Gasteiger partial charge in [-0.3, -0.25) is 9.69 Å². The second-order valence-electron chi connectivity index (χ2n) is 11.8. The zero-order chi connectivity index (χ0) is 26.0. The Morgan fingerprint density at radius 2 is 1.76 bits per heavy atom. The molecule has 1 N–H and O–H groups in total. The number of likely N-dealkylation sites (tertiary alicyclic amines) is 1. The molecule has 4 aliphatic heterocycles. The molecule has 2 unspecified atom stereocenters. The molecule has 5 aliphatic rings. The van der Waals surface area contributed by atoms with Gasteiger partial charge in [0, 0.05) is 43.8 Å². The van der Waals surface area contributed by atoms with Crippen LogP contribution in [0.4, 0.5) is 4.39 Å². The minimum absolute atomic E-state index is 0.0578. The van der Waals surface area contributed by atoms with Crippen molar-refractivity contribution in [2.45, 2.75) is 56.3 Å². The summed E-state index contributed by atoms with van der Waals surface area (Å²) < 4.78 is 52.5. The van der Waals surface area contributed by atoms with Gasteiger partial charge in [0.15, 0.2) is 5.69 Å². The number of sulfonamides is 1. The molecule has 4 saturated heterocycles. The predicted octanol–water partition coefficient (Wildman–Crippen LogP) is 2.36. The van der Waals surface area contributed by atoms with Gasteiger partial charge in [0.25, 0.3) is 5.91 Å². The normalized spacial score (nSPS) is 33.2. The van der Waals surface area contributed by atoms with Crippen LogP contribution < -0.4 is 5.32 Å². The fourth-order valence-electron chi connectivity index (χ4n) is 7.24. The van der Waals surface area contributed by atoms with Crippen LogP contribution in [0.3, 0.4) is 0 Å². The number of piperidine rings is 2. The highest BCUT2D eigenvalue weighted by atomic mass is 32.2. The molecule has 1 saturated carbocycles. The van der Waals surface area contributed by atoms with Crippen LogP contribution >= 0.6 is 0 Å². The minimum atomic E-state index is -3.36. The first-order valence-corrected chi connectivity index (χ1v) is 15.3. The van der Waals surface area contributed by atoms with Gasteiger partial charge in [0.2, 0.25) is 10.0 Å². The lowest BCUT2D eigenvalue weighted by molar-refractivity contribution is -0.00228. The van der Waals surface area contributed by atoms with E-state index in [9.17, 15) is 17.6 Å². The van der Waals surface area contributed by atoms with Crippen LogP contribution in [0.1, 0.15) is 53.4 Å². The lowest BCUT2D eigenvalue weighted by Gasteiger charge is -2.38. The highest BCUT2D eigenvalue weighted by Gasteiger charge is 2.58. The summed E-state index contributed by atoms with van der Waals surface area (Å²) in [5, 5.41) is 6.99. The van der Waals surface area contributed by atoms with Crippen LogP contribution in [0.2, 0.25) is 0 Å². The van der Waals surface area contributed by atoms with Crippen LogP contribution in [0.5, 0.6) is 0 Å². The van der Waals surface area contributed by atoms with Crippen LogP contribution in [-0.4, -0.2) is 78.9 Å². The topological polar surface area (TPSA) is 105 Å². The summed E-state index contributed by atoms with van der Waals surface area (Å²) in [5.74, 6) is 1.65. The third kappa shape index (κ3) is 4.57. The summed E-state index contributed by atoms with van der Waals surface area (Å²) in [5.41, 5.74) is 1.35. The van der Waals surface area contributed by atoms with E-state index in [0.29, 0.717) is 43.7 Å². The second kappa shape index (κ2) is 9.39. The number of benzene rings is 1. The number of rotatable bonds is 8. The van der Waals surface area contributed by atoms with Gasteiger partial charge in [0.1, 0.15) is 11.6 Å². The Labute approximate surface area is 221 Å². The Hall–Kier alpha value is -2.34. The number of hydrogen-bond donors (Lipinski definition) is 1. The minimum Gasteiger partial charge on any atom is -0.380 e. The fourth-order valence-corrected chi connectivity index (χ4v) is 9.69. The number of carbonyl (C=O) groups excluding carboxylic acids is 1. The van der Waals surface area contributed by atoms with E-state index < -0.39 is 10.0 Å². The van der Waals surface area contributed by atoms with E-state index in [-0.39, 0.29) is 53.1 Å². The molecule has 1 aromatic carbocycles. The van der Waals surface area contributed by atoms with E-state index >= 15 is 0 Å². The van der Waals surface area contributed by atoms with Crippen molar-refractivity contribution >= 4 is 15.9 Å². The standard InChI is InChI=1S/C27H33FN4O5S/c28-18-3-1-16(2-4-18)10-31-11-22-23(12-31)24(22)15-38(34,35)32-20-5-6-21(32)8-19(7-20)29-27(33)25-9-26(37-30-25)17-13-36-14-17/h1-4,9,17,19-24H,5-8,10-15H2,(H,29,33)/t19?,20-,21+,22-,23+,24?. The Morgan fingerprint density at radius 3 is 2.39 bits per heavy atom. The number of nitrogens with one attached hydrogen (secondary N) is 1. The summed E-state index contributed by atoms with van der Waals surface area (Å²) in [6.07, 6.45) is 2.95. The molecule has 1 amide bonds. The number of nitrogens with zero attached hydrogens (tertiary/aromatic N) is 3. The first kappa shape index (κ1) is 24.7. The average Bonchev–Trinajstić information content (AvgIpc) is 3.26. The van der Waals surface area contributed by atoms with Crippen LogP contribution in [0.25, 0.3) is 0 Å². The summed E-state index contributed by atoms with van der Waals surface area (Å²) in [7, 11) is -3.36. The van der Waals surface area contributed by atoms with E-state index in [0.717, 1.165) is 38.0 Å². The molecular weight excluding hydrogens is 511 g/mol. The van der Waals surface area contributed by atoms with Gasteiger partial charge in [-0.2, -0.15) is 4.31 Å². The number of ether oxygens (including phenoxy) is 1. The zero-order valence-corrected chi connectivity index (χ0v) is 22.0. The average molecular weight is 545 g/mol. The zero-order valence-electron chi connectivity index (χ0n) is 21.2. The van der Waals surface area contributed by atoms with Crippen molar-refractivity contribution in [1.29, 1.82) is 0 Å². The summed E-state index contributed by atoms with van der Waals surface area (Å²) in [4.78, 5) is 15.1. The Balaban J connectivity index is 0.918. The SMILES string of the molecule is O=C(NC1C[C@H]2CC[C@@H](C1)N2S(=O)(=O)CC1[C@H]2CN(Cc3ccc(F)cc3)C[C@@H]12)c1cc(C2COC2)on1. The molecule has 5 heterocycles. The number of aromatic nitrogens is 1. The number of halogens is 1. The van der Waals surface area contributed by atoms with E-state index in [2.05, 4.69) is 15.4 Å². The third-order valence-electron chi connectivity index (χ3n) is 9.29. The van der Waals surface area contributed by atoms with Gasteiger partial charge >= 0.3 is 0 Å². The van der Waals surface area contributed by atoms with Gasteiger partial charge in [0.05, 0.1) is 24.9 Å². The molecule has 1 aromatic heterocycles. The van der Waals surface area contributed by atoms with Gasteiger partial charge in [-0.15, -0.1) is 0 Å². The Bertz CT molecular complexity index is 1290. The van der Waals surface area contributed by atoms with Gasteiger partial charge in [-0.25, -0.2) is 12.8 Å². The van der Waals surface area contributed by atoms with Crippen molar-refractivity contribution in [2.24, 2.45) is 17.8 Å². The summed E-state index contributed by atoms with van der Waals surface area (Å²) >= 11 is 0. The number of amides is 1. The van der Waals surface area contributed by atoms with Crippen molar-refractivity contribution in [3.05, 3.63) is 53.2 Å². The molecule has 204 valence electrons. The van der Waals surface area contributed by atoms with Crippen LogP contribution in [0.15, 0.2) is 34.9 Å². The molecule has 38 heavy (non-hydrogen) atoms. The van der Waals surface area contributed by atoms with Gasteiger partial charge < -0.3 is 14.6 Å². The maximum Gasteiger partial charge on any atom is 0.273 e. The second-order valence-corrected chi connectivity index (χ2v) is 13.7. The largest absolute Gasteiger partial charge is 0.380 e. The maximum absolute atomic E-state index is 13.5. The summed E-state index contributed by atoms with van der Waals surface area (Å²) in [6.45, 7) is 3.76. The molecule has 6 atom stereocenters. The molecule has 0 spiro atoms. The first-order valence-electron chi connectivity index (χ1n) is 13.7. The Kier molecular flexibility index (Phi) is 6.10. The van der Waals surface area contributed by atoms with Crippen LogP contribution in [-0.2, 0) is 21.3 Å². The smallest absolute Gasteiger partial charge is 0.273 e. The lowest BCUT2D eigenvalue weighted by Crippen LogP contribution is -2.53. The fraction of sp³-hybridized carbons (Fsp3) is 0.630. The summed E-state index contributed by atoms with van der Waals surface area (Å²) in [6, 6.07) is 8.10. The molecule has 9 nitrogen and oxygen atoms in total. The molecule has 0 radical (unpaired) electrons. The Morgan fingerprint density at radius 1 is 1.08 bits per heavy atom. The first-order chi connectivity index (χ1) is 18.3. The van der Waals surface area contributed by atoms with Crippen molar-refractivity contribution < 1.29 is 26.9 Å². The van der Waals surface area contributed by atoms with Crippen molar-refractivity contribution in [2.75, 3.05) is 32.1 Å². The van der Waals surface area contributed by atoms with Gasteiger partial charge in [-0.1, -0.05) is 17.3 Å². The number of fused-ring (bicyclic) bond motifs is 3. The molecule has 2 aromatic rings. The molecule has 2 bridgehead atoms. The lowest BCUT2D eigenvalue weighted by atomic mass is 9.99. The van der Waals surface area contributed by atoms with Crippen molar-refractivity contribution in [3.8, 4) is 0 Å². The number of hydrogen-bond acceptors (Lipinski definition) is 7. The monoisotopic (exact) mass is 544 g/mol. The van der Waals surface area contributed by atoms with Gasteiger partial charge in [-0.05, 0) is 61.1 Å². The van der Waals surface area contributed by atoms with Crippen molar-refractivity contribution in [3.63, 3.8) is 0 Å². The van der Waals surface area contributed by atoms with Crippen molar-refractivity contribution in [1.82, 2.24) is 19.7 Å². The van der Waals surface area contributed by atoms with E-state index in [1.807, 2.05) is 12.1 Å². The number of carbonyl (C=O) groups is 1. The molecular formula is C27H33FN4O5S. The van der Waals surface area contributed by atoms with Crippen LogP contribution in [0, 0.1) is 23.6 Å². The predicted molar refractivity (Wildman–Crippen MR) is 135 cm³/mol. The molecule has 7 rings (SSSR count). The third-order valence-corrected chi connectivity index (χ3v) is 11.3. The molecule has 1 aliphatic carbocycles. The van der Waals surface area contributed by atoms with E-state index in [4.69, 9.17) is 9.26 Å². The highest BCUT2D eigenvalue weighted by Crippen LogP contribution is 2.53. The van der Waals surface area contributed by atoms with E-state index in [1.165, 1.54) is 12.1 Å².